The van der Waals surface area contributed by atoms with Gasteiger partial charge in [-0.3, -0.25) is 14.9 Å². The second-order valence-electron chi connectivity index (χ2n) is 4.10. The van der Waals surface area contributed by atoms with Crippen molar-refractivity contribution >= 4 is 17.3 Å². The molecule has 8 heteroatoms. The number of benzene rings is 1. The van der Waals surface area contributed by atoms with E-state index in [0.29, 0.717) is 32.0 Å². The average Bonchev–Trinajstić information content (AvgIpc) is 2.48. The van der Waals surface area contributed by atoms with Crippen molar-refractivity contribution in [1.82, 2.24) is 5.32 Å². The molecule has 0 saturated heterocycles. The van der Waals surface area contributed by atoms with Crippen LogP contribution in [0, 0.1) is 10.1 Å². The van der Waals surface area contributed by atoms with Gasteiger partial charge in [0.1, 0.15) is 12.3 Å². The Balaban J connectivity index is 2.22. The molecule has 0 bridgehead atoms. The normalized spacial score (nSPS) is 10.1. The van der Waals surface area contributed by atoms with Crippen LogP contribution in [0.4, 0.5) is 11.4 Å². The zero-order valence-electron chi connectivity index (χ0n) is 11.8. The Kier molecular flexibility index (Phi) is 7.77. The molecule has 116 valence electrons. The molecule has 1 rings (SSSR count). The van der Waals surface area contributed by atoms with Crippen LogP contribution in [0.25, 0.3) is 0 Å². The standard InChI is InChI=1S/C13H19N3O5/c1-20-8-9-21-10-13(17)15-7-6-14-11-4-2-3-5-12(11)16(18)19/h2-5,14H,6-10H2,1H3,(H,15,17). The van der Waals surface area contributed by atoms with E-state index < -0.39 is 4.92 Å². The van der Waals surface area contributed by atoms with Gasteiger partial charge in [0.05, 0.1) is 18.1 Å². The summed E-state index contributed by atoms with van der Waals surface area (Å²) in [4.78, 5) is 21.7. The van der Waals surface area contributed by atoms with Crippen LogP contribution in [0.3, 0.4) is 0 Å². The Labute approximate surface area is 122 Å². The van der Waals surface area contributed by atoms with Gasteiger partial charge in [-0.15, -0.1) is 0 Å². The lowest BCUT2D eigenvalue weighted by Gasteiger charge is -2.08. The van der Waals surface area contributed by atoms with Crippen LogP contribution >= 0.6 is 0 Å². The number of hydrogen-bond acceptors (Lipinski definition) is 6. The number of rotatable bonds is 10. The highest BCUT2D eigenvalue weighted by molar-refractivity contribution is 5.77. The van der Waals surface area contributed by atoms with Crippen molar-refractivity contribution in [2.45, 2.75) is 0 Å². The van der Waals surface area contributed by atoms with Crippen molar-refractivity contribution in [2.75, 3.05) is 45.3 Å². The number of carbonyl (C=O) groups excluding carboxylic acids is 1. The largest absolute Gasteiger partial charge is 0.382 e. The minimum atomic E-state index is -0.454. The first-order valence-corrected chi connectivity index (χ1v) is 6.46. The summed E-state index contributed by atoms with van der Waals surface area (Å²) in [6.07, 6.45) is 0. The molecule has 0 atom stereocenters. The summed E-state index contributed by atoms with van der Waals surface area (Å²) in [6, 6.07) is 6.35. The van der Waals surface area contributed by atoms with E-state index in [1.165, 1.54) is 6.07 Å². The fourth-order valence-corrected chi connectivity index (χ4v) is 1.54. The zero-order valence-corrected chi connectivity index (χ0v) is 11.8. The summed E-state index contributed by atoms with van der Waals surface area (Å²) in [5.41, 5.74) is 0.430. The first-order valence-electron chi connectivity index (χ1n) is 6.46. The van der Waals surface area contributed by atoms with Gasteiger partial charge in [0, 0.05) is 26.3 Å². The molecule has 0 aromatic heterocycles. The Morgan fingerprint density at radius 1 is 1.29 bits per heavy atom. The highest BCUT2D eigenvalue weighted by atomic mass is 16.6. The molecule has 0 aliphatic heterocycles. The topological polar surface area (TPSA) is 103 Å². The van der Waals surface area contributed by atoms with E-state index in [1.54, 1.807) is 25.3 Å². The van der Waals surface area contributed by atoms with Gasteiger partial charge in [-0.1, -0.05) is 12.1 Å². The molecule has 0 aliphatic carbocycles. The maximum absolute atomic E-state index is 11.4. The summed E-state index contributed by atoms with van der Waals surface area (Å²) in [6.45, 7) is 1.49. The molecule has 1 aromatic rings. The summed E-state index contributed by atoms with van der Waals surface area (Å²) in [7, 11) is 1.55. The summed E-state index contributed by atoms with van der Waals surface area (Å²) >= 11 is 0. The second-order valence-corrected chi connectivity index (χ2v) is 4.10. The van der Waals surface area contributed by atoms with E-state index >= 15 is 0 Å². The number of amides is 1. The van der Waals surface area contributed by atoms with Gasteiger partial charge >= 0.3 is 0 Å². The van der Waals surface area contributed by atoms with Crippen molar-refractivity contribution in [3.63, 3.8) is 0 Å². The summed E-state index contributed by atoms with van der Waals surface area (Å²) in [5, 5.41) is 16.4. The Hall–Kier alpha value is -2.19. The van der Waals surface area contributed by atoms with Crippen molar-refractivity contribution < 1.29 is 19.2 Å². The number of nitrogens with one attached hydrogen (secondary N) is 2. The van der Waals surface area contributed by atoms with Gasteiger partial charge in [0.2, 0.25) is 5.91 Å². The van der Waals surface area contributed by atoms with Crippen molar-refractivity contribution in [3.8, 4) is 0 Å². The number of hydrogen-bond donors (Lipinski definition) is 2. The molecule has 0 saturated carbocycles. The molecule has 0 unspecified atom stereocenters. The molecule has 0 radical (unpaired) electrons. The Bertz CT molecular complexity index is 467. The van der Waals surface area contributed by atoms with E-state index in [9.17, 15) is 14.9 Å². The van der Waals surface area contributed by atoms with Gasteiger partial charge in [0.15, 0.2) is 0 Å². The minimum absolute atomic E-state index is 0.00623. The van der Waals surface area contributed by atoms with Gasteiger partial charge in [-0.2, -0.15) is 0 Å². The van der Waals surface area contributed by atoms with Crippen LogP contribution in [0.2, 0.25) is 0 Å². The van der Waals surface area contributed by atoms with E-state index in [1.807, 2.05) is 0 Å². The fourth-order valence-electron chi connectivity index (χ4n) is 1.54. The molecule has 0 fully saturated rings. The molecule has 1 aromatic carbocycles. The molecule has 1 amide bonds. The number of anilines is 1. The maximum atomic E-state index is 11.4. The van der Waals surface area contributed by atoms with Gasteiger partial charge < -0.3 is 20.1 Å². The van der Waals surface area contributed by atoms with E-state index in [2.05, 4.69) is 10.6 Å². The lowest BCUT2D eigenvalue weighted by molar-refractivity contribution is -0.384. The highest BCUT2D eigenvalue weighted by Crippen LogP contribution is 2.22. The molecule has 0 aliphatic rings. The van der Waals surface area contributed by atoms with Crippen molar-refractivity contribution in [1.29, 1.82) is 0 Å². The molecule has 8 nitrogen and oxygen atoms in total. The number of para-hydroxylation sites is 2. The number of nitro groups is 1. The molecular weight excluding hydrogens is 278 g/mol. The average molecular weight is 297 g/mol. The Morgan fingerprint density at radius 3 is 2.76 bits per heavy atom. The van der Waals surface area contributed by atoms with Gasteiger partial charge in [-0.05, 0) is 6.07 Å². The molecule has 2 N–H and O–H groups in total. The van der Waals surface area contributed by atoms with Crippen LogP contribution in [-0.2, 0) is 14.3 Å². The maximum Gasteiger partial charge on any atom is 0.292 e. The fraction of sp³-hybridized carbons (Fsp3) is 0.462. The first-order chi connectivity index (χ1) is 10.1. The quantitative estimate of drug-likeness (QED) is 0.376. The molecule has 0 heterocycles. The van der Waals surface area contributed by atoms with Crippen molar-refractivity contribution in [3.05, 3.63) is 34.4 Å². The molecule has 0 spiro atoms. The lowest BCUT2D eigenvalue weighted by Crippen LogP contribution is -2.32. The third-order valence-electron chi connectivity index (χ3n) is 2.53. The lowest BCUT2D eigenvalue weighted by atomic mass is 10.2. The second kappa shape index (κ2) is 9.67. The third-order valence-corrected chi connectivity index (χ3v) is 2.53. The smallest absolute Gasteiger partial charge is 0.292 e. The summed E-state index contributed by atoms with van der Waals surface area (Å²) < 4.78 is 9.83. The van der Waals surface area contributed by atoms with E-state index in [-0.39, 0.29) is 18.2 Å². The van der Waals surface area contributed by atoms with Crippen LogP contribution in [0.5, 0.6) is 0 Å². The van der Waals surface area contributed by atoms with Crippen LogP contribution < -0.4 is 10.6 Å². The van der Waals surface area contributed by atoms with Gasteiger partial charge in [-0.25, -0.2) is 0 Å². The number of ether oxygens (including phenoxy) is 2. The SMILES string of the molecule is COCCOCC(=O)NCCNc1ccccc1[N+](=O)[O-]. The molecule has 21 heavy (non-hydrogen) atoms. The van der Waals surface area contributed by atoms with Crippen LogP contribution in [-0.4, -0.2) is 50.9 Å². The predicted octanol–water partition coefficient (Wildman–Crippen LogP) is 0.786. The number of methoxy groups -OCH3 is 1. The highest BCUT2D eigenvalue weighted by Gasteiger charge is 2.11. The number of nitro benzene ring substituents is 1. The van der Waals surface area contributed by atoms with E-state index in [4.69, 9.17) is 9.47 Å². The van der Waals surface area contributed by atoms with Gasteiger partial charge in [0.25, 0.3) is 5.69 Å². The minimum Gasteiger partial charge on any atom is -0.382 e. The third kappa shape index (κ3) is 6.68. The Morgan fingerprint density at radius 2 is 2.05 bits per heavy atom. The van der Waals surface area contributed by atoms with Crippen LogP contribution in [0.1, 0.15) is 0 Å². The summed E-state index contributed by atoms with van der Waals surface area (Å²) in [5.74, 6) is -0.240. The number of carbonyl (C=O) groups is 1. The van der Waals surface area contributed by atoms with Crippen LogP contribution in [0.15, 0.2) is 24.3 Å². The monoisotopic (exact) mass is 297 g/mol. The van der Waals surface area contributed by atoms with E-state index in [0.717, 1.165) is 0 Å². The van der Waals surface area contributed by atoms with Crippen molar-refractivity contribution in [2.24, 2.45) is 0 Å². The zero-order chi connectivity index (χ0) is 15.5. The molecular formula is C13H19N3O5. The predicted molar refractivity (Wildman–Crippen MR) is 77.3 cm³/mol. The number of nitrogens with zero attached hydrogens (tertiary/aromatic N) is 1. The first kappa shape index (κ1) is 16.9.